The van der Waals surface area contributed by atoms with Gasteiger partial charge in [-0.3, -0.25) is 14.7 Å². The molecule has 0 aliphatic carbocycles. The molecule has 2 aromatic heterocycles. The van der Waals surface area contributed by atoms with Gasteiger partial charge in [-0.2, -0.15) is 0 Å². The maximum Gasteiger partial charge on any atom is 0.291 e. The zero-order valence-electron chi connectivity index (χ0n) is 18.9. The largest absolute Gasteiger partial charge is 0.468 e. The first-order valence-electron chi connectivity index (χ1n) is 11.4. The molecule has 0 spiro atoms. The first-order valence-corrected chi connectivity index (χ1v) is 11.4. The second-order valence-corrected chi connectivity index (χ2v) is 8.06. The molecule has 0 bridgehead atoms. The number of rotatable bonds is 8. The number of furan rings is 2. The maximum absolute atomic E-state index is 12.1. The van der Waals surface area contributed by atoms with Gasteiger partial charge in [-0.25, -0.2) is 0 Å². The monoisotopic (exact) mass is 449 g/mol. The van der Waals surface area contributed by atoms with E-state index in [0.29, 0.717) is 18.8 Å². The van der Waals surface area contributed by atoms with Crippen molar-refractivity contribution in [3.63, 3.8) is 0 Å². The van der Waals surface area contributed by atoms with Crippen molar-refractivity contribution < 1.29 is 13.6 Å². The molecule has 3 heterocycles. The van der Waals surface area contributed by atoms with E-state index in [1.807, 2.05) is 36.4 Å². The minimum atomic E-state index is -0.268. The molecule has 3 N–H and O–H groups in total. The second kappa shape index (κ2) is 11.4. The molecule has 1 saturated heterocycles. The summed E-state index contributed by atoms with van der Waals surface area (Å²) >= 11 is 0. The summed E-state index contributed by atoms with van der Waals surface area (Å²) in [4.78, 5) is 18.9. The fourth-order valence-electron chi connectivity index (χ4n) is 4.03. The summed E-state index contributed by atoms with van der Waals surface area (Å²) in [5.74, 6) is 1.73. The molecule has 1 fully saturated rings. The van der Waals surface area contributed by atoms with Crippen LogP contribution in [-0.4, -0.2) is 43.4 Å². The van der Waals surface area contributed by atoms with E-state index in [9.17, 15) is 4.79 Å². The van der Waals surface area contributed by atoms with E-state index in [0.717, 1.165) is 30.4 Å². The number of nitrogens with one attached hydrogen (secondary N) is 3. The highest BCUT2D eigenvalue weighted by Gasteiger charge is 2.24. The highest BCUT2D eigenvalue weighted by atomic mass is 16.3. The average Bonchev–Trinajstić information content (AvgIpc) is 3.58. The molecular formula is C25H31N5O3. The number of guanidine groups is 1. The second-order valence-electron chi connectivity index (χ2n) is 8.06. The Morgan fingerprint density at radius 2 is 1.76 bits per heavy atom. The number of anilines is 1. The Labute approximate surface area is 194 Å². The van der Waals surface area contributed by atoms with E-state index in [4.69, 9.17) is 8.83 Å². The summed E-state index contributed by atoms with van der Waals surface area (Å²) in [7, 11) is 1.77. The third-order valence-electron chi connectivity index (χ3n) is 5.81. The lowest BCUT2D eigenvalue weighted by molar-refractivity contribution is 0.0996. The number of carbonyl (C=O) groups is 1. The number of benzene rings is 1. The van der Waals surface area contributed by atoms with Crippen molar-refractivity contribution in [2.75, 3.05) is 32.0 Å². The zero-order valence-corrected chi connectivity index (χ0v) is 18.9. The third kappa shape index (κ3) is 6.26. The highest BCUT2D eigenvalue weighted by Crippen LogP contribution is 2.24. The molecule has 1 atom stereocenters. The Morgan fingerprint density at radius 3 is 2.42 bits per heavy atom. The van der Waals surface area contributed by atoms with E-state index in [1.165, 1.54) is 25.5 Å². The number of carbonyl (C=O) groups excluding carboxylic acids is 1. The van der Waals surface area contributed by atoms with E-state index < -0.39 is 0 Å². The van der Waals surface area contributed by atoms with Gasteiger partial charge in [-0.1, -0.05) is 18.6 Å². The summed E-state index contributed by atoms with van der Waals surface area (Å²) in [6, 6.07) is 15.2. The van der Waals surface area contributed by atoms with Crippen LogP contribution in [0.2, 0.25) is 0 Å². The van der Waals surface area contributed by atoms with Gasteiger partial charge in [-0.05, 0) is 67.9 Å². The van der Waals surface area contributed by atoms with Gasteiger partial charge in [0.1, 0.15) is 5.76 Å². The quantitative estimate of drug-likeness (QED) is 0.355. The zero-order chi connectivity index (χ0) is 22.9. The summed E-state index contributed by atoms with van der Waals surface area (Å²) in [6.07, 6.45) is 6.96. The predicted molar refractivity (Wildman–Crippen MR) is 128 cm³/mol. The smallest absolute Gasteiger partial charge is 0.291 e. The van der Waals surface area contributed by atoms with Crippen LogP contribution in [0.4, 0.5) is 5.69 Å². The van der Waals surface area contributed by atoms with E-state index in [-0.39, 0.29) is 17.7 Å². The lowest BCUT2D eigenvalue weighted by atomic mass is 10.1. The molecule has 1 unspecified atom stereocenters. The van der Waals surface area contributed by atoms with Gasteiger partial charge in [0, 0.05) is 25.8 Å². The number of hydrogen-bond acceptors (Lipinski definition) is 5. The van der Waals surface area contributed by atoms with Crippen LogP contribution in [0.25, 0.3) is 0 Å². The fraction of sp³-hybridized carbons (Fsp3) is 0.360. The molecule has 3 aromatic rings. The lowest BCUT2D eigenvalue weighted by Crippen LogP contribution is -2.44. The van der Waals surface area contributed by atoms with E-state index >= 15 is 0 Å². The Bertz CT molecular complexity index is 1010. The van der Waals surface area contributed by atoms with Gasteiger partial charge < -0.3 is 24.8 Å². The number of hydrogen-bond donors (Lipinski definition) is 3. The molecule has 1 aliphatic rings. The van der Waals surface area contributed by atoms with E-state index in [2.05, 4.69) is 25.8 Å². The van der Waals surface area contributed by atoms with Gasteiger partial charge >= 0.3 is 0 Å². The standard InChI is InChI=1S/C25H31N5O3/c1-26-25(28-18-21(22-7-5-15-32-22)30-13-3-2-4-14-30)27-17-19-9-11-20(12-10-19)29-24(31)23-8-6-16-33-23/h5-12,15-16,21H,2-4,13-14,17-18H2,1H3,(H,29,31)(H2,26,27,28). The topological polar surface area (TPSA) is 95.0 Å². The van der Waals surface area contributed by atoms with Gasteiger partial charge in [0.25, 0.3) is 5.91 Å². The van der Waals surface area contributed by atoms with Crippen LogP contribution in [0.1, 0.15) is 47.2 Å². The maximum atomic E-state index is 12.1. The van der Waals surface area contributed by atoms with Crippen LogP contribution in [0.3, 0.4) is 0 Å². The third-order valence-corrected chi connectivity index (χ3v) is 5.81. The molecule has 33 heavy (non-hydrogen) atoms. The van der Waals surface area contributed by atoms with Crippen LogP contribution in [0.5, 0.6) is 0 Å². The van der Waals surface area contributed by atoms with Crippen molar-refractivity contribution >= 4 is 17.6 Å². The summed E-state index contributed by atoms with van der Waals surface area (Å²) in [5, 5.41) is 9.63. The van der Waals surface area contributed by atoms with Crippen molar-refractivity contribution in [3.05, 3.63) is 78.1 Å². The van der Waals surface area contributed by atoms with Crippen LogP contribution in [0, 0.1) is 0 Å². The number of piperidine rings is 1. The predicted octanol–water partition coefficient (Wildman–Crippen LogP) is 4.02. The van der Waals surface area contributed by atoms with Crippen LogP contribution < -0.4 is 16.0 Å². The van der Waals surface area contributed by atoms with Gasteiger partial charge in [-0.15, -0.1) is 0 Å². The first kappa shape index (κ1) is 22.7. The Morgan fingerprint density at radius 1 is 1.00 bits per heavy atom. The average molecular weight is 450 g/mol. The van der Waals surface area contributed by atoms with Crippen molar-refractivity contribution in [2.45, 2.75) is 31.8 Å². The van der Waals surface area contributed by atoms with E-state index in [1.54, 1.807) is 25.4 Å². The number of aliphatic imine (C=N–C) groups is 1. The van der Waals surface area contributed by atoms with Crippen LogP contribution >= 0.6 is 0 Å². The van der Waals surface area contributed by atoms with Gasteiger partial charge in [0.2, 0.25) is 0 Å². The molecule has 8 nitrogen and oxygen atoms in total. The minimum absolute atomic E-state index is 0.177. The summed E-state index contributed by atoms with van der Waals surface area (Å²) < 4.78 is 10.8. The van der Waals surface area contributed by atoms with Crippen LogP contribution in [-0.2, 0) is 6.54 Å². The molecule has 1 aromatic carbocycles. The lowest BCUT2D eigenvalue weighted by Gasteiger charge is -2.33. The van der Waals surface area contributed by atoms with Crippen molar-refractivity contribution in [1.29, 1.82) is 0 Å². The number of amides is 1. The Kier molecular flexibility index (Phi) is 7.81. The molecular weight excluding hydrogens is 418 g/mol. The Balaban J connectivity index is 1.28. The van der Waals surface area contributed by atoms with Crippen LogP contribution in [0.15, 0.2) is 74.9 Å². The molecule has 1 amide bonds. The minimum Gasteiger partial charge on any atom is -0.468 e. The highest BCUT2D eigenvalue weighted by molar-refractivity contribution is 6.02. The summed E-state index contributed by atoms with van der Waals surface area (Å²) in [5.41, 5.74) is 1.79. The molecule has 8 heteroatoms. The number of nitrogens with zero attached hydrogens (tertiary/aromatic N) is 2. The van der Waals surface area contributed by atoms with Crippen molar-refractivity contribution in [3.8, 4) is 0 Å². The molecule has 0 radical (unpaired) electrons. The molecule has 1 aliphatic heterocycles. The summed E-state index contributed by atoms with van der Waals surface area (Å²) in [6.45, 7) is 3.50. The molecule has 174 valence electrons. The SMILES string of the molecule is CN=C(NCc1ccc(NC(=O)c2ccco2)cc1)NCC(c1ccco1)N1CCCCC1. The fourth-order valence-corrected chi connectivity index (χ4v) is 4.03. The van der Waals surface area contributed by atoms with Gasteiger partial charge in [0.05, 0.1) is 18.6 Å². The first-order chi connectivity index (χ1) is 16.2. The Hall–Kier alpha value is -3.52. The molecule has 4 rings (SSSR count). The van der Waals surface area contributed by atoms with Crippen molar-refractivity contribution in [2.24, 2.45) is 4.99 Å². The molecule has 0 saturated carbocycles. The number of likely N-dealkylation sites (tertiary alicyclic amines) is 1. The van der Waals surface area contributed by atoms with Crippen molar-refractivity contribution in [1.82, 2.24) is 15.5 Å². The normalized spacial score (nSPS) is 15.7. The van der Waals surface area contributed by atoms with Gasteiger partial charge in [0.15, 0.2) is 11.7 Å².